The normalized spacial score (nSPS) is 10.6. The van der Waals surface area contributed by atoms with Gasteiger partial charge in [0.05, 0.1) is 17.6 Å². The number of pyridine rings is 2. The van der Waals surface area contributed by atoms with Crippen molar-refractivity contribution >= 4 is 16.9 Å². The molecular weight excluding hydrogens is 357 g/mol. The first-order valence-electron chi connectivity index (χ1n) is 9.20. The highest BCUT2D eigenvalue weighted by molar-refractivity contribution is 5.94. The van der Waals surface area contributed by atoms with Gasteiger partial charge >= 0.3 is 0 Å². The molecule has 2 aromatic heterocycles. The lowest BCUT2D eigenvalue weighted by atomic mass is 10.2. The van der Waals surface area contributed by atoms with Crippen LogP contribution in [0, 0.1) is 5.82 Å². The summed E-state index contributed by atoms with van der Waals surface area (Å²) in [6, 6.07) is 11.8. The highest BCUT2D eigenvalue weighted by Gasteiger charge is 2.12. The smallest absolute Gasteiger partial charge is 0.270 e. The molecule has 1 amide bonds. The Morgan fingerprint density at radius 3 is 2.89 bits per heavy atom. The number of amides is 1. The van der Waals surface area contributed by atoms with Crippen LogP contribution < -0.4 is 10.1 Å². The number of carbonyl (C=O) groups excluding carboxylic acids is 1. The molecule has 0 spiro atoms. The van der Waals surface area contributed by atoms with Crippen LogP contribution in [0.4, 0.5) is 4.39 Å². The molecule has 0 aliphatic rings. The number of rotatable bonds is 9. The van der Waals surface area contributed by atoms with E-state index in [1.807, 2.05) is 6.08 Å². The lowest BCUT2D eigenvalue weighted by Crippen LogP contribution is -2.24. The van der Waals surface area contributed by atoms with E-state index in [9.17, 15) is 9.18 Å². The number of hydrogen-bond donors (Lipinski definition) is 1. The van der Waals surface area contributed by atoms with Crippen molar-refractivity contribution in [2.24, 2.45) is 0 Å². The number of benzene rings is 1. The van der Waals surface area contributed by atoms with Crippen LogP contribution in [0.2, 0.25) is 0 Å². The highest BCUT2D eigenvalue weighted by atomic mass is 19.1. The Kier molecular flexibility index (Phi) is 6.68. The topological polar surface area (TPSA) is 64.1 Å². The molecule has 28 heavy (non-hydrogen) atoms. The average molecular weight is 379 g/mol. The third-order valence-electron chi connectivity index (χ3n) is 4.23. The van der Waals surface area contributed by atoms with Crippen LogP contribution in [0.1, 0.15) is 35.3 Å². The maximum Gasteiger partial charge on any atom is 0.270 e. The first kappa shape index (κ1) is 19.5. The van der Waals surface area contributed by atoms with Crippen LogP contribution in [-0.2, 0) is 6.54 Å². The molecule has 144 valence electrons. The van der Waals surface area contributed by atoms with E-state index >= 15 is 0 Å². The quantitative estimate of drug-likeness (QED) is 0.441. The Morgan fingerprint density at radius 2 is 2.04 bits per heavy atom. The van der Waals surface area contributed by atoms with Crippen molar-refractivity contribution in [2.75, 3.05) is 6.61 Å². The fraction of sp³-hybridized carbons (Fsp3) is 0.227. The maximum atomic E-state index is 14.6. The third-order valence-corrected chi connectivity index (χ3v) is 4.23. The van der Waals surface area contributed by atoms with Gasteiger partial charge in [-0.25, -0.2) is 9.37 Å². The van der Waals surface area contributed by atoms with Crippen molar-refractivity contribution in [3.63, 3.8) is 0 Å². The molecule has 5 nitrogen and oxygen atoms in total. The van der Waals surface area contributed by atoms with Crippen molar-refractivity contribution in [1.82, 2.24) is 15.3 Å². The molecule has 0 aliphatic heterocycles. The monoisotopic (exact) mass is 379 g/mol. The van der Waals surface area contributed by atoms with Crippen LogP contribution in [0.15, 0.2) is 61.3 Å². The summed E-state index contributed by atoms with van der Waals surface area (Å²) in [5, 5.41) is 2.70. The van der Waals surface area contributed by atoms with E-state index < -0.39 is 5.82 Å². The summed E-state index contributed by atoms with van der Waals surface area (Å²) < 4.78 is 20.1. The van der Waals surface area contributed by atoms with E-state index in [1.165, 1.54) is 0 Å². The summed E-state index contributed by atoms with van der Waals surface area (Å²) in [6.45, 7) is 4.16. The number of aromatic nitrogens is 2. The number of ether oxygens (including phenoxy) is 1. The van der Waals surface area contributed by atoms with Crippen molar-refractivity contribution in [1.29, 1.82) is 0 Å². The Labute approximate surface area is 163 Å². The highest BCUT2D eigenvalue weighted by Crippen LogP contribution is 2.21. The zero-order valence-electron chi connectivity index (χ0n) is 15.5. The van der Waals surface area contributed by atoms with E-state index in [2.05, 4.69) is 21.9 Å². The largest absolute Gasteiger partial charge is 0.491 e. The van der Waals surface area contributed by atoms with E-state index in [0.29, 0.717) is 23.2 Å². The number of fused-ring (bicyclic) bond motifs is 1. The van der Waals surface area contributed by atoms with E-state index in [1.54, 1.807) is 48.7 Å². The van der Waals surface area contributed by atoms with Gasteiger partial charge in [-0.05, 0) is 49.6 Å². The molecule has 0 bridgehead atoms. The van der Waals surface area contributed by atoms with Gasteiger partial charge < -0.3 is 10.1 Å². The summed E-state index contributed by atoms with van der Waals surface area (Å²) in [6.07, 6.45) is 6.21. The van der Waals surface area contributed by atoms with Gasteiger partial charge in [0.25, 0.3) is 5.91 Å². The minimum absolute atomic E-state index is 0.0467. The standard InChI is InChI=1S/C22H22FN3O2/c1-2-3-4-5-14-28-20-10-6-8-16(21(20)23)15-25-22(27)19-12-11-17-18(26-19)9-7-13-24-17/h2,6-13H,1,3-5,14-15H2,(H,25,27). The molecule has 0 atom stereocenters. The number of nitrogens with zero attached hydrogens (tertiary/aromatic N) is 2. The first-order valence-corrected chi connectivity index (χ1v) is 9.20. The second-order valence-corrected chi connectivity index (χ2v) is 6.28. The van der Waals surface area contributed by atoms with E-state index in [0.717, 1.165) is 19.3 Å². The minimum atomic E-state index is -0.456. The van der Waals surface area contributed by atoms with Crippen LogP contribution >= 0.6 is 0 Å². The second-order valence-electron chi connectivity index (χ2n) is 6.28. The van der Waals surface area contributed by atoms with Crippen molar-refractivity contribution in [3.05, 3.63) is 78.4 Å². The number of carbonyl (C=O) groups is 1. The zero-order chi connectivity index (χ0) is 19.8. The third kappa shape index (κ3) is 4.91. The van der Waals surface area contributed by atoms with Crippen molar-refractivity contribution < 1.29 is 13.9 Å². The molecule has 0 unspecified atom stereocenters. The van der Waals surface area contributed by atoms with Gasteiger partial charge in [0.1, 0.15) is 5.69 Å². The number of allylic oxidation sites excluding steroid dienone is 1. The molecule has 2 heterocycles. The average Bonchev–Trinajstić information content (AvgIpc) is 2.73. The number of hydrogen-bond acceptors (Lipinski definition) is 4. The van der Waals surface area contributed by atoms with Crippen molar-refractivity contribution in [3.8, 4) is 5.75 Å². The van der Waals surface area contributed by atoms with Gasteiger partial charge in [-0.2, -0.15) is 0 Å². The van der Waals surface area contributed by atoms with Crippen LogP contribution in [0.3, 0.4) is 0 Å². The summed E-state index contributed by atoms with van der Waals surface area (Å²) >= 11 is 0. The predicted octanol–water partition coefficient (Wildman–Crippen LogP) is 4.43. The molecule has 0 saturated carbocycles. The second kappa shape index (κ2) is 9.60. The van der Waals surface area contributed by atoms with Gasteiger partial charge in [-0.3, -0.25) is 9.78 Å². The first-order chi connectivity index (χ1) is 13.7. The summed E-state index contributed by atoms with van der Waals surface area (Å²) in [5.74, 6) is -0.636. The fourth-order valence-corrected chi connectivity index (χ4v) is 2.73. The molecular formula is C22H22FN3O2. The minimum Gasteiger partial charge on any atom is -0.491 e. The van der Waals surface area contributed by atoms with Gasteiger partial charge in [-0.1, -0.05) is 18.2 Å². The van der Waals surface area contributed by atoms with Crippen LogP contribution in [0.5, 0.6) is 5.75 Å². The van der Waals surface area contributed by atoms with Crippen LogP contribution in [-0.4, -0.2) is 22.5 Å². The molecule has 1 aromatic carbocycles. The molecule has 6 heteroatoms. The number of nitrogens with one attached hydrogen (secondary N) is 1. The molecule has 0 radical (unpaired) electrons. The Morgan fingerprint density at radius 1 is 1.14 bits per heavy atom. The summed E-state index contributed by atoms with van der Waals surface area (Å²) in [4.78, 5) is 20.8. The Balaban J connectivity index is 1.60. The van der Waals surface area contributed by atoms with Gasteiger partial charge in [-0.15, -0.1) is 6.58 Å². The van der Waals surface area contributed by atoms with Gasteiger partial charge in [0, 0.05) is 18.3 Å². The molecule has 0 fully saturated rings. The fourth-order valence-electron chi connectivity index (χ4n) is 2.73. The Hall–Kier alpha value is -3.28. The summed E-state index contributed by atoms with van der Waals surface area (Å²) in [5.41, 5.74) is 1.96. The SMILES string of the molecule is C=CCCCCOc1cccc(CNC(=O)c2ccc3ncccc3n2)c1F. The van der Waals surface area contributed by atoms with E-state index in [-0.39, 0.29) is 23.9 Å². The molecule has 1 N–H and O–H groups in total. The lowest BCUT2D eigenvalue weighted by molar-refractivity contribution is 0.0946. The molecule has 3 rings (SSSR count). The number of unbranched alkanes of at least 4 members (excludes halogenated alkanes) is 2. The lowest BCUT2D eigenvalue weighted by Gasteiger charge is -2.11. The van der Waals surface area contributed by atoms with Gasteiger partial charge in [0.15, 0.2) is 11.6 Å². The molecule has 0 saturated heterocycles. The zero-order valence-corrected chi connectivity index (χ0v) is 15.5. The maximum absolute atomic E-state index is 14.6. The predicted molar refractivity (Wildman–Crippen MR) is 107 cm³/mol. The van der Waals surface area contributed by atoms with Gasteiger partial charge in [0.2, 0.25) is 0 Å². The number of halogens is 1. The van der Waals surface area contributed by atoms with Crippen molar-refractivity contribution in [2.45, 2.75) is 25.8 Å². The Bertz CT molecular complexity index is 975. The molecule has 0 aliphatic carbocycles. The van der Waals surface area contributed by atoms with E-state index in [4.69, 9.17) is 4.74 Å². The molecule has 3 aromatic rings. The van der Waals surface area contributed by atoms with Crippen LogP contribution in [0.25, 0.3) is 11.0 Å². The summed E-state index contributed by atoms with van der Waals surface area (Å²) in [7, 11) is 0.